The topological polar surface area (TPSA) is 38.8 Å². The van der Waals surface area contributed by atoms with E-state index in [0.29, 0.717) is 11.0 Å². The van der Waals surface area contributed by atoms with Crippen molar-refractivity contribution < 1.29 is 27.3 Å². The Bertz CT molecular complexity index is 656. The third-order valence-electron chi connectivity index (χ3n) is 4.71. The number of halogens is 3. The van der Waals surface area contributed by atoms with Crippen molar-refractivity contribution in [3.05, 3.63) is 23.8 Å². The minimum atomic E-state index is -4.71. The number of nitrogens with zero attached hydrogens (tertiary/aromatic N) is 1. The van der Waals surface area contributed by atoms with E-state index >= 15 is 0 Å². The van der Waals surface area contributed by atoms with E-state index in [1.165, 1.54) is 12.1 Å². The quantitative estimate of drug-likeness (QED) is 0.587. The molecule has 124 valence electrons. The van der Waals surface area contributed by atoms with Gasteiger partial charge in [0.15, 0.2) is 0 Å². The number of fused-ring (bicyclic) bond motifs is 1. The summed E-state index contributed by atoms with van der Waals surface area (Å²) in [6, 6.07) is 4.37. The summed E-state index contributed by atoms with van der Waals surface area (Å²) in [5.41, 5.74) is -0.254. The summed E-state index contributed by atoms with van der Waals surface area (Å²) in [4.78, 5) is 11.5. The minimum Gasteiger partial charge on any atom is -0.399 e. The fraction of sp³-hybridized carbons (Fsp3) is 0.533. The summed E-state index contributed by atoms with van der Waals surface area (Å²) >= 11 is 0. The Morgan fingerprint density at radius 2 is 1.70 bits per heavy atom. The lowest BCUT2D eigenvalue weighted by Gasteiger charge is -2.32. The third kappa shape index (κ3) is 2.53. The molecule has 2 heterocycles. The molecule has 1 aromatic rings. The van der Waals surface area contributed by atoms with Crippen LogP contribution in [0.1, 0.15) is 33.3 Å². The maximum atomic E-state index is 13.0. The molecule has 8 heteroatoms. The number of anilines is 1. The van der Waals surface area contributed by atoms with Gasteiger partial charge in [-0.1, -0.05) is 12.1 Å². The van der Waals surface area contributed by atoms with Crippen LogP contribution in [0.5, 0.6) is 0 Å². The van der Waals surface area contributed by atoms with Crippen LogP contribution in [0.15, 0.2) is 18.2 Å². The van der Waals surface area contributed by atoms with Gasteiger partial charge < -0.3 is 9.31 Å². The Balaban J connectivity index is 1.93. The second kappa shape index (κ2) is 4.74. The second-order valence-corrected chi connectivity index (χ2v) is 6.85. The number of alkyl halides is 3. The molecule has 1 fully saturated rings. The lowest BCUT2D eigenvalue weighted by atomic mass is 9.78. The molecule has 0 N–H and O–H groups in total. The number of carbonyl (C=O) groups is 1. The van der Waals surface area contributed by atoms with Gasteiger partial charge in [0.25, 0.3) is 0 Å². The zero-order valence-corrected chi connectivity index (χ0v) is 13.3. The number of hydrogen-bond acceptors (Lipinski definition) is 3. The van der Waals surface area contributed by atoms with Gasteiger partial charge in [0, 0.05) is 0 Å². The molecule has 0 radical (unpaired) electrons. The summed E-state index contributed by atoms with van der Waals surface area (Å²) in [6.45, 7) is 7.59. The molecule has 1 aromatic carbocycles. The molecule has 1 saturated heterocycles. The van der Waals surface area contributed by atoms with E-state index in [0.717, 1.165) is 0 Å². The van der Waals surface area contributed by atoms with Crippen LogP contribution in [-0.2, 0) is 20.5 Å². The zero-order valence-electron chi connectivity index (χ0n) is 13.3. The fourth-order valence-corrected chi connectivity index (χ4v) is 2.75. The Morgan fingerprint density at radius 3 is 2.22 bits per heavy atom. The monoisotopic (exact) mass is 327 g/mol. The molecule has 0 bridgehead atoms. The maximum absolute atomic E-state index is 13.0. The van der Waals surface area contributed by atoms with Gasteiger partial charge in [-0.2, -0.15) is 0 Å². The number of benzene rings is 1. The van der Waals surface area contributed by atoms with Gasteiger partial charge in [-0.05, 0) is 44.8 Å². The van der Waals surface area contributed by atoms with Gasteiger partial charge in [-0.25, -0.2) is 4.90 Å². The third-order valence-corrected chi connectivity index (χ3v) is 4.71. The molecule has 4 nitrogen and oxygen atoms in total. The number of carbonyl (C=O) groups excluding carboxylic acids is 1. The first-order valence-electron chi connectivity index (χ1n) is 7.31. The van der Waals surface area contributed by atoms with Crippen molar-refractivity contribution in [1.29, 1.82) is 0 Å². The summed E-state index contributed by atoms with van der Waals surface area (Å²) < 4.78 is 50.6. The highest BCUT2D eigenvalue weighted by Gasteiger charge is 2.52. The fourth-order valence-electron chi connectivity index (χ4n) is 2.75. The normalized spacial score (nSPS) is 22.7. The van der Waals surface area contributed by atoms with Gasteiger partial charge in [0.1, 0.15) is 0 Å². The first kappa shape index (κ1) is 16.3. The van der Waals surface area contributed by atoms with Crippen molar-refractivity contribution in [2.24, 2.45) is 0 Å². The van der Waals surface area contributed by atoms with Crippen LogP contribution in [0.4, 0.5) is 18.9 Å². The minimum absolute atomic E-state index is 0.115. The highest BCUT2D eigenvalue weighted by atomic mass is 19.4. The first-order valence-corrected chi connectivity index (χ1v) is 7.31. The molecular weight excluding hydrogens is 310 g/mol. The Kier molecular flexibility index (Phi) is 3.36. The van der Waals surface area contributed by atoms with E-state index in [2.05, 4.69) is 0 Å². The van der Waals surface area contributed by atoms with Crippen LogP contribution in [-0.4, -0.2) is 30.5 Å². The molecule has 0 saturated carbocycles. The van der Waals surface area contributed by atoms with Crippen molar-refractivity contribution in [2.75, 3.05) is 4.90 Å². The average molecular weight is 327 g/mol. The standard InChI is InChI=1S/C15H17BF3NO3/c1-13(2)14(3,4)23-16(22-13)10-5-6-11-9(7-10)8-12(21)20(11)15(17,18)19/h5-7H,8H2,1-4H3. The molecular formula is C15H17BF3NO3. The molecule has 0 aromatic heterocycles. The SMILES string of the molecule is CC1(C)OB(c2ccc3c(c2)CC(=O)N3C(F)(F)F)OC1(C)C. The highest BCUT2D eigenvalue weighted by molar-refractivity contribution is 6.62. The van der Waals surface area contributed by atoms with E-state index < -0.39 is 30.5 Å². The number of hydrogen-bond donors (Lipinski definition) is 0. The molecule has 0 aliphatic carbocycles. The number of amides is 1. The summed E-state index contributed by atoms with van der Waals surface area (Å²) in [5.74, 6) is -0.974. The van der Waals surface area contributed by atoms with Crippen molar-refractivity contribution in [2.45, 2.75) is 51.6 Å². The van der Waals surface area contributed by atoms with Crippen molar-refractivity contribution >= 4 is 24.2 Å². The predicted molar refractivity (Wildman–Crippen MR) is 79.4 cm³/mol. The van der Waals surface area contributed by atoms with Gasteiger partial charge in [0.2, 0.25) is 5.91 Å². The lowest BCUT2D eigenvalue weighted by molar-refractivity contribution is -0.148. The van der Waals surface area contributed by atoms with E-state index in [9.17, 15) is 18.0 Å². The van der Waals surface area contributed by atoms with E-state index in [1.54, 1.807) is 6.07 Å². The van der Waals surface area contributed by atoms with Gasteiger partial charge >= 0.3 is 13.4 Å². The van der Waals surface area contributed by atoms with Crippen LogP contribution in [0.25, 0.3) is 0 Å². The van der Waals surface area contributed by atoms with Crippen LogP contribution in [0.3, 0.4) is 0 Å². The van der Waals surface area contributed by atoms with E-state index in [1.807, 2.05) is 27.7 Å². The second-order valence-electron chi connectivity index (χ2n) is 6.85. The summed E-state index contributed by atoms with van der Waals surface area (Å²) in [6.07, 6.45) is -4.99. The lowest BCUT2D eigenvalue weighted by Crippen LogP contribution is -2.41. The van der Waals surface area contributed by atoms with Crippen molar-refractivity contribution in [1.82, 2.24) is 0 Å². The summed E-state index contributed by atoms with van der Waals surface area (Å²) in [5, 5.41) is 0. The molecule has 3 rings (SSSR count). The van der Waals surface area contributed by atoms with Gasteiger partial charge in [0.05, 0.1) is 23.3 Å². The molecule has 0 unspecified atom stereocenters. The van der Waals surface area contributed by atoms with E-state index in [-0.39, 0.29) is 17.0 Å². The molecule has 2 aliphatic rings. The molecule has 0 spiro atoms. The Labute approximate surface area is 132 Å². The van der Waals surface area contributed by atoms with Crippen LogP contribution < -0.4 is 10.4 Å². The average Bonchev–Trinajstić information content (AvgIpc) is 2.81. The van der Waals surface area contributed by atoms with E-state index in [4.69, 9.17) is 9.31 Å². The van der Waals surface area contributed by atoms with Crippen LogP contribution >= 0.6 is 0 Å². The first-order chi connectivity index (χ1) is 10.4. The highest BCUT2D eigenvalue weighted by Crippen LogP contribution is 2.39. The zero-order chi connectivity index (χ0) is 17.2. The molecule has 0 atom stereocenters. The maximum Gasteiger partial charge on any atom is 0.494 e. The number of rotatable bonds is 1. The smallest absolute Gasteiger partial charge is 0.399 e. The predicted octanol–water partition coefficient (Wildman–Crippen LogP) is 2.39. The van der Waals surface area contributed by atoms with Crippen molar-refractivity contribution in [3.63, 3.8) is 0 Å². The molecule has 23 heavy (non-hydrogen) atoms. The summed E-state index contributed by atoms with van der Waals surface area (Å²) in [7, 11) is -0.666. The molecule has 2 aliphatic heterocycles. The van der Waals surface area contributed by atoms with Crippen LogP contribution in [0.2, 0.25) is 0 Å². The Morgan fingerprint density at radius 1 is 1.13 bits per heavy atom. The van der Waals surface area contributed by atoms with Gasteiger partial charge in [-0.15, -0.1) is 13.2 Å². The van der Waals surface area contributed by atoms with Crippen molar-refractivity contribution in [3.8, 4) is 0 Å². The van der Waals surface area contributed by atoms with Crippen LogP contribution in [0, 0.1) is 0 Å². The molecule has 1 amide bonds. The Hall–Kier alpha value is -1.54. The van der Waals surface area contributed by atoms with Gasteiger partial charge in [-0.3, -0.25) is 4.79 Å². The largest absolute Gasteiger partial charge is 0.494 e.